The fraction of sp³-hybridized carbons (Fsp3) is 1.00. The molecule has 0 amide bonds. The highest BCUT2D eigenvalue weighted by atomic mass is 32.2. The molecule has 0 radical (unpaired) electrons. The van der Waals surface area contributed by atoms with Crippen molar-refractivity contribution in [3.8, 4) is 0 Å². The summed E-state index contributed by atoms with van der Waals surface area (Å²) in [6, 6.07) is -0.180. The van der Waals surface area contributed by atoms with E-state index >= 15 is 0 Å². The number of hydrogen-bond donors (Lipinski definition) is 5. The van der Waals surface area contributed by atoms with Gasteiger partial charge in [-0.2, -0.15) is 0 Å². The van der Waals surface area contributed by atoms with E-state index in [-0.39, 0.29) is 30.3 Å². The van der Waals surface area contributed by atoms with Crippen molar-refractivity contribution in [2.24, 2.45) is 11.8 Å². The molecule has 8 unspecified atom stereocenters. The lowest BCUT2D eigenvalue weighted by molar-refractivity contribution is -0.0408. The van der Waals surface area contributed by atoms with Crippen molar-refractivity contribution < 1.29 is 18.3 Å². The first-order valence-corrected chi connectivity index (χ1v) is 13.7. The van der Waals surface area contributed by atoms with Crippen LogP contribution in [0.3, 0.4) is 0 Å². The topological polar surface area (TPSA) is 118 Å². The molecule has 1 saturated carbocycles. The maximum Gasteiger partial charge on any atom is 0.217 e. The molecule has 0 aromatic heterocycles. The standard InChI is InChI=1S/C21H42N6O4S/c1-5-21(2,28)15-8-9-22-18(10-15)27-13-16(12-24-27)32(29,30)25-19-17(31-4)7-6-14-11-23-26(3)20(14)19/h14-20,22-25,28H,5-13H2,1-4H3. The second-order valence-corrected chi connectivity index (χ2v) is 12.3. The van der Waals surface area contributed by atoms with Crippen molar-refractivity contribution in [1.82, 2.24) is 30.9 Å². The van der Waals surface area contributed by atoms with Gasteiger partial charge in [0.05, 0.1) is 23.9 Å². The molecule has 0 aromatic rings. The van der Waals surface area contributed by atoms with Crippen molar-refractivity contribution in [3.63, 3.8) is 0 Å². The van der Waals surface area contributed by atoms with Crippen molar-refractivity contribution in [2.75, 3.05) is 40.3 Å². The molecule has 4 rings (SSSR count). The van der Waals surface area contributed by atoms with Crippen molar-refractivity contribution >= 4 is 10.0 Å². The quantitative estimate of drug-likeness (QED) is 0.323. The van der Waals surface area contributed by atoms with Crippen LogP contribution in [0, 0.1) is 11.8 Å². The number of nitrogens with zero attached hydrogens (tertiary/aromatic N) is 2. The number of hydrogen-bond acceptors (Lipinski definition) is 9. The second-order valence-electron chi connectivity index (χ2n) is 10.3. The number of methoxy groups -OCH3 is 1. The Balaban J connectivity index is 1.41. The van der Waals surface area contributed by atoms with E-state index < -0.39 is 20.9 Å². The summed E-state index contributed by atoms with van der Waals surface area (Å²) in [6.45, 7) is 6.42. The van der Waals surface area contributed by atoms with Gasteiger partial charge >= 0.3 is 0 Å². The normalized spacial score (nSPS) is 41.5. The molecule has 5 N–H and O–H groups in total. The van der Waals surface area contributed by atoms with Gasteiger partial charge in [0.2, 0.25) is 10.0 Å². The fourth-order valence-electron chi connectivity index (χ4n) is 6.08. The molecule has 0 spiro atoms. The largest absolute Gasteiger partial charge is 0.390 e. The molecule has 1 aliphatic carbocycles. The number of fused-ring (bicyclic) bond motifs is 1. The zero-order valence-corrected chi connectivity index (χ0v) is 20.7. The number of hydrazine groups is 2. The van der Waals surface area contributed by atoms with E-state index in [1.165, 1.54) is 0 Å². The van der Waals surface area contributed by atoms with Crippen LogP contribution in [0.2, 0.25) is 0 Å². The Labute approximate surface area is 192 Å². The van der Waals surface area contributed by atoms with Gasteiger partial charge in [0, 0.05) is 39.8 Å². The first-order chi connectivity index (χ1) is 15.2. The van der Waals surface area contributed by atoms with Gasteiger partial charge in [-0.25, -0.2) is 23.2 Å². The smallest absolute Gasteiger partial charge is 0.217 e. The first-order valence-electron chi connectivity index (χ1n) is 12.1. The van der Waals surface area contributed by atoms with E-state index in [1.807, 2.05) is 30.9 Å². The lowest BCUT2D eigenvalue weighted by Gasteiger charge is -2.42. The van der Waals surface area contributed by atoms with Crippen molar-refractivity contribution in [1.29, 1.82) is 0 Å². The minimum Gasteiger partial charge on any atom is -0.390 e. The number of piperidine rings is 1. The fourth-order valence-corrected chi connectivity index (χ4v) is 7.60. The molecule has 32 heavy (non-hydrogen) atoms. The minimum atomic E-state index is -3.55. The van der Waals surface area contributed by atoms with Crippen LogP contribution < -0.4 is 20.9 Å². The molecule has 8 atom stereocenters. The Hall–Kier alpha value is -0.370. The maximum atomic E-state index is 13.4. The van der Waals surface area contributed by atoms with Gasteiger partial charge in [-0.3, -0.25) is 10.9 Å². The Kier molecular flexibility index (Phi) is 7.51. The Bertz CT molecular complexity index is 753. The molecule has 3 saturated heterocycles. The van der Waals surface area contributed by atoms with E-state index in [0.29, 0.717) is 25.4 Å². The lowest BCUT2D eigenvalue weighted by Crippen LogP contribution is -2.61. The number of sulfonamides is 1. The summed E-state index contributed by atoms with van der Waals surface area (Å²) in [4.78, 5) is 0. The highest BCUT2D eigenvalue weighted by Gasteiger charge is 2.48. The highest BCUT2D eigenvalue weighted by Crippen LogP contribution is 2.34. The number of aliphatic hydroxyl groups is 1. The number of nitrogens with one attached hydrogen (secondary N) is 4. The zero-order chi connectivity index (χ0) is 23.1. The summed E-state index contributed by atoms with van der Waals surface area (Å²) in [5, 5.41) is 17.8. The Morgan fingerprint density at radius 3 is 2.72 bits per heavy atom. The average Bonchev–Trinajstić information content (AvgIpc) is 3.42. The van der Waals surface area contributed by atoms with E-state index in [0.717, 1.165) is 38.8 Å². The number of likely N-dealkylation sites (N-methyl/N-ethyl adjacent to an activating group) is 1. The Morgan fingerprint density at radius 1 is 1.22 bits per heavy atom. The van der Waals surface area contributed by atoms with Crippen LogP contribution in [-0.4, -0.2) is 99.1 Å². The van der Waals surface area contributed by atoms with Crippen LogP contribution in [-0.2, 0) is 14.8 Å². The highest BCUT2D eigenvalue weighted by molar-refractivity contribution is 7.90. The van der Waals surface area contributed by atoms with Crippen LogP contribution in [0.1, 0.15) is 46.0 Å². The summed E-state index contributed by atoms with van der Waals surface area (Å²) in [6.07, 6.45) is 4.22. The van der Waals surface area contributed by atoms with Gasteiger partial charge in [0.15, 0.2) is 0 Å². The Morgan fingerprint density at radius 2 is 2.00 bits per heavy atom. The predicted octanol–water partition coefficient (Wildman–Crippen LogP) is -0.806. The molecule has 4 fully saturated rings. The monoisotopic (exact) mass is 474 g/mol. The van der Waals surface area contributed by atoms with Crippen LogP contribution in [0.25, 0.3) is 0 Å². The van der Waals surface area contributed by atoms with E-state index in [4.69, 9.17) is 4.74 Å². The van der Waals surface area contributed by atoms with Gasteiger partial charge in [0.25, 0.3) is 0 Å². The lowest BCUT2D eigenvalue weighted by atomic mass is 9.79. The van der Waals surface area contributed by atoms with Gasteiger partial charge in [-0.1, -0.05) is 6.92 Å². The van der Waals surface area contributed by atoms with Gasteiger partial charge in [-0.05, 0) is 57.4 Å². The molecule has 186 valence electrons. The average molecular weight is 475 g/mol. The number of ether oxygens (including phenoxy) is 1. The molecule has 4 aliphatic rings. The maximum absolute atomic E-state index is 13.4. The molecular formula is C21H42N6O4S. The van der Waals surface area contributed by atoms with Gasteiger partial charge in [0.1, 0.15) is 5.25 Å². The van der Waals surface area contributed by atoms with Crippen LogP contribution in [0.4, 0.5) is 0 Å². The van der Waals surface area contributed by atoms with Crippen LogP contribution in [0.15, 0.2) is 0 Å². The molecule has 10 nitrogen and oxygen atoms in total. The first kappa shape index (κ1) is 24.7. The summed E-state index contributed by atoms with van der Waals surface area (Å²) in [7, 11) is 0.107. The molecule has 0 bridgehead atoms. The van der Waals surface area contributed by atoms with E-state index in [9.17, 15) is 13.5 Å². The minimum absolute atomic E-state index is 0.0166. The zero-order valence-electron chi connectivity index (χ0n) is 19.9. The SMILES string of the molecule is CCC(C)(O)C1CCNC(N2CC(S(=O)(=O)NC3C(OC)CCC4CNN(C)C43)CN2)C1. The van der Waals surface area contributed by atoms with Crippen LogP contribution in [0.5, 0.6) is 0 Å². The molecule has 0 aromatic carbocycles. The molecule has 3 heterocycles. The van der Waals surface area contributed by atoms with E-state index in [2.05, 4.69) is 20.9 Å². The molecule has 11 heteroatoms. The third-order valence-electron chi connectivity index (χ3n) is 8.44. The van der Waals surface area contributed by atoms with Crippen molar-refractivity contribution in [2.45, 2.75) is 81.2 Å². The molecular weight excluding hydrogens is 432 g/mol. The predicted molar refractivity (Wildman–Crippen MR) is 123 cm³/mol. The summed E-state index contributed by atoms with van der Waals surface area (Å²) >= 11 is 0. The van der Waals surface area contributed by atoms with Crippen LogP contribution >= 0.6 is 0 Å². The van der Waals surface area contributed by atoms with Gasteiger partial charge in [-0.15, -0.1) is 0 Å². The summed E-state index contributed by atoms with van der Waals surface area (Å²) in [5.41, 5.74) is 5.97. The summed E-state index contributed by atoms with van der Waals surface area (Å²) < 4.78 is 35.6. The summed E-state index contributed by atoms with van der Waals surface area (Å²) in [5.74, 6) is 0.619. The van der Waals surface area contributed by atoms with Gasteiger partial charge < -0.3 is 15.2 Å². The van der Waals surface area contributed by atoms with Crippen molar-refractivity contribution in [3.05, 3.63) is 0 Å². The third-order valence-corrected chi connectivity index (χ3v) is 10.2. The second kappa shape index (κ2) is 9.71. The third kappa shape index (κ3) is 4.87. The number of rotatable bonds is 7. The molecule has 3 aliphatic heterocycles. The van der Waals surface area contributed by atoms with E-state index in [1.54, 1.807) is 7.11 Å².